The van der Waals surface area contributed by atoms with Gasteiger partial charge in [-0.15, -0.1) is 0 Å². The Labute approximate surface area is 125 Å². The van der Waals surface area contributed by atoms with E-state index in [4.69, 9.17) is 6.57 Å². The van der Waals surface area contributed by atoms with Gasteiger partial charge in [0.05, 0.1) is 12.6 Å². The minimum Gasteiger partial charge on any atom is -0.272 e. The largest absolute Gasteiger partial charge is 0.272 e. The second kappa shape index (κ2) is 4.99. The number of carbonyl (C=O) groups excluding carboxylic acids is 1. The third-order valence-corrected chi connectivity index (χ3v) is 4.37. The number of hydrogen-bond donors (Lipinski definition) is 0. The minimum atomic E-state index is -2.75. The van der Waals surface area contributed by atoms with Gasteiger partial charge >= 0.3 is 0 Å². The van der Waals surface area contributed by atoms with Crippen LogP contribution in [-0.2, 0) is 4.79 Å². The molecule has 1 aromatic rings. The van der Waals surface area contributed by atoms with Gasteiger partial charge in [-0.1, -0.05) is 6.07 Å². The van der Waals surface area contributed by atoms with Crippen LogP contribution in [0.15, 0.2) is 18.2 Å². The van der Waals surface area contributed by atoms with Crippen molar-refractivity contribution in [1.82, 2.24) is 10.0 Å². The summed E-state index contributed by atoms with van der Waals surface area (Å²) in [4.78, 5) is 15.6. The van der Waals surface area contributed by atoms with Gasteiger partial charge in [0.2, 0.25) is 0 Å². The first-order valence-corrected chi connectivity index (χ1v) is 6.91. The van der Waals surface area contributed by atoms with Gasteiger partial charge in [-0.2, -0.15) is 0 Å². The highest BCUT2D eigenvalue weighted by Crippen LogP contribution is 2.45. The van der Waals surface area contributed by atoms with Gasteiger partial charge in [0.1, 0.15) is 11.2 Å². The molecule has 116 valence electrons. The number of hydrazine groups is 1. The zero-order valence-corrected chi connectivity index (χ0v) is 11.9. The molecule has 0 saturated carbocycles. The van der Waals surface area contributed by atoms with E-state index in [2.05, 4.69) is 4.85 Å². The molecule has 0 aromatic heterocycles. The third kappa shape index (κ3) is 2.06. The van der Waals surface area contributed by atoms with Crippen molar-refractivity contribution >= 4 is 11.6 Å². The molecule has 2 aliphatic heterocycles. The Morgan fingerprint density at radius 3 is 2.77 bits per heavy atom. The summed E-state index contributed by atoms with van der Waals surface area (Å²) in [5, 5.41) is 2.91. The number of benzene rings is 1. The van der Waals surface area contributed by atoms with E-state index in [9.17, 15) is 18.0 Å². The highest BCUT2D eigenvalue weighted by molar-refractivity contribution is 5.85. The fraction of sp³-hybridized carbons (Fsp3) is 0.467. The summed E-state index contributed by atoms with van der Waals surface area (Å²) in [6, 6.07) is 3.38. The molecule has 0 radical (unpaired) electrons. The normalized spacial score (nSPS) is 28.3. The summed E-state index contributed by atoms with van der Waals surface area (Å²) < 4.78 is 40.0. The van der Waals surface area contributed by atoms with Crippen molar-refractivity contribution in [3.63, 3.8) is 0 Å². The molecular formula is C15H14F3N3O. The van der Waals surface area contributed by atoms with Gasteiger partial charge in [-0.05, 0) is 31.0 Å². The summed E-state index contributed by atoms with van der Waals surface area (Å²) in [5.41, 5.74) is -1.12. The van der Waals surface area contributed by atoms with Crippen LogP contribution >= 0.6 is 0 Å². The Balaban J connectivity index is 1.97. The van der Waals surface area contributed by atoms with Crippen LogP contribution in [0, 0.1) is 17.8 Å². The van der Waals surface area contributed by atoms with Gasteiger partial charge in [0, 0.05) is 13.1 Å². The molecule has 0 bridgehead atoms. The fourth-order valence-corrected chi connectivity index (χ4v) is 3.16. The summed E-state index contributed by atoms with van der Waals surface area (Å²) in [6.07, 6.45) is -2.22. The molecular weight excluding hydrogens is 295 g/mol. The van der Waals surface area contributed by atoms with E-state index in [-0.39, 0.29) is 12.2 Å². The molecule has 2 fully saturated rings. The van der Waals surface area contributed by atoms with E-state index in [1.165, 1.54) is 24.1 Å². The van der Waals surface area contributed by atoms with Gasteiger partial charge in [-0.3, -0.25) is 9.80 Å². The Morgan fingerprint density at radius 1 is 1.41 bits per heavy atom. The molecule has 2 unspecified atom stereocenters. The molecule has 0 spiro atoms. The zero-order valence-electron chi connectivity index (χ0n) is 11.9. The molecule has 2 heterocycles. The average Bonchev–Trinajstić information content (AvgIpc) is 2.98. The Kier molecular flexibility index (Phi) is 3.37. The Bertz CT molecular complexity index is 672. The number of carbonyl (C=O) groups is 1. The van der Waals surface area contributed by atoms with Gasteiger partial charge in [0.15, 0.2) is 5.69 Å². The molecule has 2 saturated heterocycles. The van der Waals surface area contributed by atoms with Crippen molar-refractivity contribution in [3.05, 3.63) is 41.0 Å². The second-order valence-corrected chi connectivity index (χ2v) is 5.92. The second-order valence-electron chi connectivity index (χ2n) is 5.92. The summed E-state index contributed by atoms with van der Waals surface area (Å²) in [7, 11) is 0. The van der Waals surface area contributed by atoms with Crippen molar-refractivity contribution in [3.8, 4) is 0 Å². The Hall–Kier alpha value is -2.07. The maximum Gasteiger partial charge on any atom is 0.254 e. The first kappa shape index (κ1) is 14.9. The lowest BCUT2D eigenvalue weighted by Gasteiger charge is -2.26. The molecule has 0 aliphatic carbocycles. The topological polar surface area (TPSA) is 27.9 Å². The molecule has 1 aromatic carbocycles. The quantitative estimate of drug-likeness (QED) is 0.785. The number of hydrogen-bond acceptors (Lipinski definition) is 2. The molecule has 2 aliphatic rings. The molecule has 7 heteroatoms. The molecule has 0 N–H and O–H groups in total. The third-order valence-electron chi connectivity index (χ3n) is 4.37. The number of alkyl halides is 2. The lowest BCUT2D eigenvalue weighted by molar-refractivity contribution is -0.147. The number of nitrogens with zero attached hydrogens (tertiary/aromatic N) is 3. The van der Waals surface area contributed by atoms with E-state index in [1.807, 2.05) is 0 Å². The van der Waals surface area contributed by atoms with Gasteiger partial charge in [-0.25, -0.2) is 23.0 Å². The highest BCUT2D eigenvalue weighted by Gasteiger charge is 2.57. The van der Waals surface area contributed by atoms with Crippen molar-refractivity contribution in [2.24, 2.45) is 5.41 Å². The lowest BCUT2D eigenvalue weighted by Crippen LogP contribution is -2.39. The zero-order chi connectivity index (χ0) is 16.1. The number of fused-ring (bicyclic) bond motifs is 1. The monoisotopic (exact) mass is 309 g/mol. The Morgan fingerprint density at radius 2 is 2.14 bits per heavy atom. The first-order chi connectivity index (χ1) is 10.4. The van der Waals surface area contributed by atoms with Crippen LogP contribution < -0.4 is 0 Å². The highest BCUT2D eigenvalue weighted by atomic mass is 19.3. The first-order valence-electron chi connectivity index (χ1n) is 6.91. The van der Waals surface area contributed by atoms with E-state index in [1.54, 1.807) is 5.01 Å². The lowest BCUT2D eigenvalue weighted by atomic mass is 9.90. The molecule has 2 atom stereocenters. The standard InChI is InChI=1S/C15H14F3N3O/c1-15(13(17)18)8-20-4-3-12(21(20)14(15)22)9-5-10(16)7-11(6-9)19-2/h5-7,12-13H,3-4,8H2,1H3. The predicted octanol–water partition coefficient (Wildman–Crippen LogP) is 3.15. The summed E-state index contributed by atoms with van der Waals surface area (Å²) >= 11 is 0. The van der Waals surface area contributed by atoms with E-state index >= 15 is 0 Å². The van der Waals surface area contributed by atoms with E-state index < -0.39 is 29.6 Å². The van der Waals surface area contributed by atoms with Crippen LogP contribution in [0.4, 0.5) is 18.9 Å². The van der Waals surface area contributed by atoms with Gasteiger partial charge in [0.25, 0.3) is 12.3 Å². The predicted molar refractivity (Wildman–Crippen MR) is 72.6 cm³/mol. The van der Waals surface area contributed by atoms with Crippen LogP contribution in [-0.4, -0.2) is 35.4 Å². The van der Waals surface area contributed by atoms with Crippen molar-refractivity contribution in [2.45, 2.75) is 25.8 Å². The van der Waals surface area contributed by atoms with Crippen molar-refractivity contribution < 1.29 is 18.0 Å². The fourth-order valence-electron chi connectivity index (χ4n) is 3.16. The van der Waals surface area contributed by atoms with Crippen LogP contribution in [0.3, 0.4) is 0 Å². The van der Waals surface area contributed by atoms with Crippen LogP contribution in [0.1, 0.15) is 24.9 Å². The summed E-state index contributed by atoms with van der Waals surface area (Å²) in [5.74, 6) is -1.20. The van der Waals surface area contributed by atoms with E-state index in [0.717, 1.165) is 6.07 Å². The number of halogens is 3. The van der Waals surface area contributed by atoms with Crippen LogP contribution in [0.25, 0.3) is 4.85 Å². The average molecular weight is 309 g/mol. The van der Waals surface area contributed by atoms with Gasteiger partial charge < -0.3 is 0 Å². The minimum absolute atomic E-state index is 0.0367. The molecule has 22 heavy (non-hydrogen) atoms. The molecule has 1 amide bonds. The SMILES string of the molecule is [C-]#[N+]c1cc(F)cc(C2CCN3CC(C)(C(F)F)C(=O)N23)c1. The maximum atomic E-state index is 13.6. The number of amides is 1. The molecule has 4 nitrogen and oxygen atoms in total. The van der Waals surface area contributed by atoms with Crippen LogP contribution in [0.2, 0.25) is 0 Å². The smallest absolute Gasteiger partial charge is 0.254 e. The molecule has 3 rings (SSSR count). The maximum absolute atomic E-state index is 13.6. The van der Waals surface area contributed by atoms with Crippen molar-refractivity contribution in [2.75, 3.05) is 13.1 Å². The van der Waals surface area contributed by atoms with Crippen molar-refractivity contribution in [1.29, 1.82) is 0 Å². The van der Waals surface area contributed by atoms with E-state index in [0.29, 0.717) is 18.5 Å². The van der Waals surface area contributed by atoms with Crippen LogP contribution in [0.5, 0.6) is 0 Å². The number of rotatable bonds is 2. The summed E-state index contributed by atoms with van der Waals surface area (Å²) in [6.45, 7) is 8.66.